The Morgan fingerprint density at radius 1 is 1.05 bits per heavy atom. The Labute approximate surface area is 232 Å². The van der Waals surface area contributed by atoms with E-state index in [4.69, 9.17) is 20.9 Å². The van der Waals surface area contributed by atoms with Crippen LogP contribution in [0, 0.1) is 6.92 Å². The number of hydrogen-bond donors (Lipinski definition) is 2. The van der Waals surface area contributed by atoms with E-state index < -0.39 is 6.04 Å². The number of carbonyl (C=O) groups is 1. The van der Waals surface area contributed by atoms with E-state index in [1.54, 1.807) is 38.9 Å². The van der Waals surface area contributed by atoms with Gasteiger partial charge in [0.1, 0.15) is 11.9 Å². The quantitative estimate of drug-likeness (QED) is 0.339. The molecule has 0 saturated carbocycles. The fraction of sp³-hybridized carbons (Fsp3) is 0.167. The topological polar surface area (TPSA) is 142 Å². The van der Waals surface area contributed by atoms with Crippen molar-refractivity contribution in [2.75, 3.05) is 25.7 Å². The maximum atomic E-state index is 13.6. The number of pyridine rings is 1. The number of nitrogen functional groups attached to an aromatic ring is 2. The minimum absolute atomic E-state index is 0.110. The molecule has 0 fully saturated rings. The van der Waals surface area contributed by atoms with Crippen LogP contribution in [0.1, 0.15) is 45.1 Å². The Hall–Kier alpha value is -5.25. The van der Waals surface area contributed by atoms with Gasteiger partial charge in [-0.3, -0.25) is 9.78 Å². The van der Waals surface area contributed by atoms with Crippen LogP contribution in [0.4, 0.5) is 11.8 Å². The highest BCUT2D eigenvalue weighted by molar-refractivity contribution is 5.95. The van der Waals surface area contributed by atoms with E-state index in [9.17, 15) is 4.79 Å². The van der Waals surface area contributed by atoms with Crippen LogP contribution in [0.2, 0.25) is 0 Å². The molecule has 1 atom stereocenters. The number of aromatic nitrogens is 3. The molecule has 0 bridgehead atoms. The molecule has 202 valence electrons. The number of nitrogens with two attached hydrogens (primary N) is 2. The molecular formula is C30H29N7O3. The monoisotopic (exact) mass is 535 g/mol. The molecule has 1 unspecified atom stereocenters. The molecule has 3 heterocycles. The van der Waals surface area contributed by atoms with E-state index in [-0.39, 0.29) is 11.9 Å². The van der Waals surface area contributed by atoms with Crippen LogP contribution in [-0.4, -0.2) is 46.3 Å². The van der Waals surface area contributed by atoms with Crippen molar-refractivity contribution in [1.82, 2.24) is 20.0 Å². The highest BCUT2D eigenvalue weighted by Gasteiger charge is 2.30. The SMILES string of the molecule is COc1cc(Cc2cnc(N)nc2N)cc(C=CC(=O)N2N=Cc3ccccc3C2c2ccc(C)nc2)c1OC. The molecule has 5 rings (SSSR count). The first-order chi connectivity index (χ1) is 19.4. The van der Waals surface area contributed by atoms with Crippen molar-refractivity contribution in [2.24, 2.45) is 5.10 Å². The van der Waals surface area contributed by atoms with Crippen molar-refractivity contribution in [3.8, 4) is 11.5 Å². The largest absolute Gasteiger partial charge is 0.493 e. The Bertz CT molecular complexity index is 1620. The number of benzene rings is 2. The summed E-state index contributed by atoms with van der Waals surface area (Å²) >= 11 is 0. The van der Waals surface area contributed by atoms with Gasteiger partial charge in [-0.15, -0.1) is 0 Å². The van der Waals surface area contributed by atoms with Crippen LogP contribution in [-0.2, 0) is 11.2 Å². The number of anilines is 2. The molecule has 1 amide bonds. The average molecular weight is 536 g/mol. The zero-order chi connectivity index (χ0) is 28.2. The number of methoxy groups -OCH3 is 2. The lowest BCUT2D eigenvalue weighted by molar-refractivity contribution is -0.127. The summed E-state index contributed by atoms with van der Waals surface area (Å²) in [5, 5.41) is 5.98. The van der Waals surface area contributed by atoms with E-state index in [2.05, 4.69) is 20.1 Å². The Kier molecular flexibility index (Phi) is 7.41. The standard InChI is InChI=1S/C30H29N7O3/c1-18-8-9-22(15-33-18)27-24-7-5-4-6-21(24)17-35-37(27)26(38)11-10-20-12-19(14-25(39-2)28(20)40-3)13-23-16-34-30(32)36-29(23)31/h4-12,14-17,27H,13H2,1-3H3,(H4,31,32,34,36). The highest BCUT2D eigenvalue weighted by atomic mass is 16.5. The van der Waals surface area contributed by atoms with Gasteiger partial charge in [0.05, 0.1) is 20.4 Å². The molecule has 10 nitrogen and oxygen atoms in total. The van der Waals surface area contributed by atoms with Gasteiger partial charge in [0.25, 0.3) is 5.91 Å². The van der Waals surface area contributed by atoms with Gasteiger partial charge >= 0.3 is 0 Å². The summed E-state index contributed by atoms with van der Waals surface area (Å²) in [5.74, 6) is 1.10. The molecular weight excluding hydrogens is 506 g/mol. The van der Waals surface area contributed by atoms with Gasteiger partial charge in [-0.1, -0.05) is 30.3 Å². The normalized spacial score (nSPS) is 14.3. The summed E-state index contributed by atoms with van der Waals surface area (Å²) in [7, 11) is 3.11. The zero-order valence-corrected chi connectivity index (χ0v) is 22.4. The van der Waals surface area contributed by atoms with E-state index in [1.165, 1.54) is 11.1 Å². The van der Waals surface area contributed by atoms with E-state index in [0.717, 1.165) is 27.9 Å². The third-order valence-corrected chi connectivity index (χ3v) is 6.62. The maximum absolute atomic E-state index is 13.6. The molecule has 4 aromatic rings. The average Bonchev–Trinajstić information content (AvgIpc) is 2.97. The Balaban J connectivity index is 1.49. The number of carbonyl (C=O) groups excluding carboxylic acids is 1. The second-order valence-corrected chi connectivity index (χ2v) is 9.26. The minimum atomic E-state index is -0.428. The number of fused-ring (bicyclic) bond motifs is 1. The number of amides is 1. The summed E-state index contributed by atoms with van der Waals surface area (Å²) in [6.45, 7) is 1.92. The third-order valence-electron chi connectivity index (χ3n) is 6.62. The van der Waals surface area contributed by atoms with Crippen LogP contribution in [0.3, 0.4) is 0 Å². The highest BCUT2D eigenvalue weighted by Crippen LogP contribution is 2.36. The van der Waals surface area contributed by atoms with E-state index in [1.807, 2.05) is 55.5 Å². The first-order valence-corrected chi connectivity index (χ1v) is 12.6. The second kappa shape index (κ2) is 11.2. The summed E-state index contributed by atoms with van der Waals surface area (Å²) in [4.78, 5) is 26.2. The third kappa shape index (κ3) is 5.32. The van der Waals surface area contributed by atoms with Crippen molar-refractivity contribution >= 4 is 30.0 Å². The predicted molar refractivity (Wildman–Crippen MR) is 154 cm³/mol. The first-order valence-electron chi connectivity index (χ1n) is 12.6. The van der Waals surface area contributed by atoms with Crippen LogP contribution in [0.25, 0.3) is 6.08 Å². The van der Waals surface area contributed by atoms with Crippen molar-refractivity contribution in [2.45, 2.75) is 19.4 Å². The number of hydrogen-bond acceptors (Lipinski definition) is 9. The molecule has 10 heteroatoms. The summed E-state index contributed by atoms with van der Waals surface area (Å²) in [5.41, 5.74) is 17.6. The van der Waals surface area contributed by atoms with Crippen molar-refractivity contribution in [3.05, 3.63) is 106 Å². The number of hydrazone groups is 1. The number of aryl methyl sites for hydroxylation is 1. The van der Waals surface area contributed by atoms with Crippen molar-refractivity contribution in [3.63, 3.8) is 0 Å². The van der Waals surface area contributed by atoms with Crippen LogP contribution < -0.4 is 20.9 Å². The van der Waals surface area contributed by atoms with Crippen molar-refractivity contribution in [1.29, 1.82) is 0 Å². The summed E-state index contributed by atoms with van der Waals surface area (Å²) in [6.07, 6.45) is 8.67. The van der Waals surface area contributed by atoms with Gasteiger partial charge in [-0.2, -0.15) is 10.1 Å². The lowest BCUT2D eigenvalue weighted by Crippen LogP contribution is -2.33. The van der Waals surface area contributed by atoms with Crippen LogP contribution >= 0.6 is 0 Å². The van der Waals surface area contributed by atoms with Crippen LogP contribution in [0.5, 0.6) is 11.5 Å². The molecule has 0 saturated heterocycles. The summed E-state index contributed by atoms with van der Waals surface area (Å²) < 4.78 is 11.2. The predicted octanol–water partition coefficient (Wildman–Crippen LogP) is 3.93. The molecule has 2 aromatic carbocycles. The van der Waals surface area contributed by atoms with Gasteiger partial charge in [-0.05, 0) is 47.9 Å². The lowest BCUT2D eigenvalue weighted by atomic mass is 9.94. The van der Waals surface area contributed by atoms with Gasteiger partial charge in [0.15, 0.2) is 11.5 Å². The fourth-order valence-electron chi connectivity index (χ4n) is 4.65. The van der Waals surface area contributed by atoms with Crippen molar-refractivity contribution < 1.29 is 14.3 Å². The van der Waals surface area contributed by atoms with E-state index in [0.29, 0.717) is 34.9 Å². The number of nitrogens with zero attached hydrogens (tertiary/aromatic N) is 5. The summed E-state index contributed by atoms with van der Waals surface area (Å²) in [6, 6.07) is 15.1. The Morgan fingerprint density at radius 3 is 2.60 bits per heavy atom. The number of ether oxygens (including phenoxy) is 2. The smallest absolute Gasteiger partial charge is 0.267 e. The maximum Gasteiger partial charge on any atom is 0.267 e. The molecule has 1 aliphatic heterocycles. The number of rotatable bonds is 7. The molecule has 2 aromatic heterocycles. The van der Waals surface area contributed by atoms with Gasteiger partial charge in [0.2, 0.25) is 5.95 Å². The lowest BCUT2D eigenvalue weighted by Gasteiger charge is -2.31. The van der Waals surface area contributed by atoms with E-state index >= 15 is 0 Å². The molecule has 0 aliphatic carbocycles. The Morgan fingerprint density at radius 2 is 1.88 bits per heavy atom. The van der Waals surface area contributed by atoms with Gasteiger partial charge < -0.3 is 20.9 Å². The zero-order valence-electron chi connectivity index (χ0n) is 22.4. The molecule has 1 aliphatic rings. The molecule has 0 spiro atoms. The molecule has 0 radical (unpaired) electrons. The molecule has 4 N–H and O–H groups in total. The fourth-order valence-corrected chi connectivity index (χ4v) is 4.65. The molecule has 40 heavy (non-hydrogen) atoms. The van der Waals surface area contributed by atoms with Gasteiger partial charge in [0, 0.05) is 47.3 Å². The minimum Gasteiger partial charge on any atom is -0.493 e. The first kappa shape index (κ1) is 26.4. The van der Waals surface area contributed by atoms with Crippen LogP contribution in [0.15, 0.2) is 72.1 Å². The van der Waals surface area contributed by atoms with Gasteiger partial charge in [-0.25, -0.2) is 9.99 Å². The second-order valence-electron chi connectivity index (χ2n) is 9.26.